The normalized spacial score (nSPS) is 11.7. The Balaban J connectivity index is 1.41. The number of ether oxygens (including phenoxy) is 1. The van der Waals surface area contributed by atoms with Gasteiger partial charge in [-0.2, -0.15) is 5.10 Å². The molecule has 0 aliphatic heterocycles. The third-order valence-electron chi connectivity index (χ3n) is 5.02. The molecule has 0 bridgehead atoms. The molecule has 1 N–H and O–H groups in total. The lowest BCUT2D eigenvalue weighted by atomic mass is 10.2. The van der Waals surface area contributed by atoms with Crippen LogP contribution in [0.4, 0.5) is 0 Å². The number of benzene rings is 2. The summed E-state index contributed by atoms with van der Waals surface area (Å²) in [6, 6.07) is 20.0. The van der Waals surface area contributed by atoms with E-state index in [1.807, 2.05) is 37.3 Å². The summed E-state index contributed by atoms with van der Waals surface area (Å²) >= 11 is 7.48. The average molecular weight is 495 g/mol. The van der Waals surface area contributed by atoms with Gasteiger partial charge in [-0.05, 0) is 38.1 Å². The van der Waals surface area contributed by atoms with Gasteiger partial charge >= 0.3 is 0 Å². The number of hydrogen-bond acceptors (Lipinski definition) is 6. The molecule has 4 rings (SSSR count). The lowest BCUT2D eigenvalue weighted by Crippen LogP contribution is -2.39. The summed E-state index contributed by atoms with van der Waals surface area (Å²) in [6.45, 7) is 4.04. The minimum Gasteiger partial charge on any atom is -0.481 e. The summed E-state index contributed by atoms with van der Waals surface area (Å²) in [6.07, 6.45) is -0.717. The Morgan fingerprint density at radius 2 is 1.94 bits per heavy atom. The third kappa shape index (κ3) is 5.70. The van der Waals surface area contributed by atoms with E-state index in [-0.39, 0.29) is 24.6 Å². The summed E-state index contributed by atoms with van der Waals surface area (Å²) in [5.41, 5.74) is 2.31. The van der Waals surface area contributed by atoms with Crippen LogP contribution in [0.25, 0.3) is 21.1 Å². The van der Waals surface area contributed by atoms with E-state index in [1.54, 1.807) is 37.3 Å². The van der Waals surface area contributed by atoms with Crippen molar-refractivity contribution in [2.75, 3.05) is 6.54 Å². The first-order chi connectivity index (χ1) is 16.4. The highest BCUT2D eigenvalue weighted by molar-refractivity contribution is 7.18. The molecule has 2 aromatic carbocycles. The topological polar surface area (TPSA) is 86.1 Å². The van der Waals surface area contributed by atoms with E-state index >= 15 is 0 Å². The largest absolute Gasteiger partial charge is 0.481 e. The van der Waals surface area contributed by atoms with Gasteiger partial charge in [-0.1, -0.05) is 48.0 Å². The predicted molar refractivity (Wildman–Crippen MR) is 134 cm³/mol. The summed E-state index contributed by atoms with van der Waals surface area (Å²) in [7, 11) is 0. The minimum absolute atomic E-state index is 0.228. The van der Waals surface area contributed by atoms with Crippen molar-refractivity contribution in [1.29, 1.82) is 0 Å². The molecule has 0 aliphatic rings. The lowest BCUT2D eigenvalue weighted by Gasteiger charge is -2.15. The molecule has 4 aromatic rings. The summed E-state index contributed by atoms with van der Waals surface area (Å²) in [4.78, 5) is 30.3. The zero-order chi connectivity index (χ0) is 24.1. The number of hydrogen-bond donors (Lipinski definition) is 1. The van der Waals surface area contributed by atoms with E-state index in [1.165, 1.54) is 22.1 Å². The molecule has 2 aromatic heterocycles. The fraction of sp³-hybridized carbons (Fsp3) is 0.200. The van der Waals surface area contributed by atoms with Gasteiger partial charge in [0.15, 0.2) is 6.10 Å². The van der Waals surface area contributed by atoms with Crippen LogP contribution >= 0.6 is 22.9 Å². The molecule has 1 amide bonds. The van der Waals surface area contributed by atoms with Gasteiger partial charge in [-0.25, -0.2) is 9.67 Å². The summed E-state index contributed by atoms with van der Waals surface area (Å²) in [5.74, 6) is 0.213. The Bertz CT molecular complexity index is 1350. The van der Waals surface area contributed by atoms with Crippen LogP contribution in [0.2, 0.25) is 5.02 Å². The van der Waals surface area contributed by atoms with Crippen LogP contribution in [0.15, 0.2) is 71.5 Å². The molecule has 1 unspecified atom stereocenters. The van der Waals surface area contributed by atoms with Crippen molar-refractivity contribution in [1.82, 2.24) is 20.1 Å². The van der Waals surface area contributed by atoms with Crippen molar-refractivity contribution < 1.29 is 9.53 Å². The Kier molecular flexibility index (Phi) is 7.40. The molecule has 9 heteroatoms. The van der Waals surface area contributed by atoms with Crippen molar-refractivity contribution in [2.24, 2.45) is 0 Å². The number of amides is 1. The molecule has 0 radical (unpaired) electrons. The maximum atomic E-state index is 12.4. The molecular formula is C25H23ClN4O3S. The number of aromatic nitrogens is 3. The maximum absolute atomic E-state index is 12.4. The first kappa shape index (κ1) is 23.7. The number of halogens is 1. The first-order valence-corrected chi connectivity index (χ1v) is 11.9. The van der Waals surface area contributed by atoms with Crippen molar-refractivity contribution in [3.05, 3.63) is 87.8 Å². The van der Waals surface area contributed by atoms with Crippen molar-refractivity contribution in [2.45, 2.75) is 26.5 Å². The number of rotatable bonds is 8. The van der Waals surface area contributed by atoms with Crippen LogP contribution in [0.3, 0.4) is 0 Å². The van der Waals surface area contributed by atoms with Gasteiger partial charge in [0.1, 0.15) is 16.5 Å². The molecule has 7 nitrogen and oxygen atoms in total. The first-order valence-electron chi connectivity index (χ1n) is 10.7. The minimum atomic E-state index is -0.717. The van der Waals surface area contributed by atoms with E-state index in [0.29, 0.717) is 16.5 Å². The quantitative estimate of drug-likeness (QED) is 0.387. The molecule has 174 valence electrons. The predicted octanol–water partition coefficient (Wildman–Crippen LogP) is 4.58. The fourth-order valence-electron chi connectivity index (χ4n) is 3.30. The Hall–Kier alpha value is -3.49. The monoisotopic (exact) mass is 494 g/mol. The molecule has 0 fully saturated rings. The molecular weight excluding hydrogens is 472 g/mol. The molecule has 2 heterocycles. The zero-order valence-corrected chi connectivity index (χ0v) is 20.3. The van der Waals surface area contributed by atoms with Crippen molar-refractivity contribution in [3.8, 4) is 26.9 Å². The van der Waals surface area contributed by atoms with E-state index in [4.69, 9.17) is 16.3 Å². The number of thiazole rings is 1. The fourth-order valence-corrected chi connectivity index (χ4v) is 4.51. The number of aryl methyl sites for hydroxylation is 1. The second kappa shape index (κ2) is 10.6. The lowest BCUT2D eigenvalue weighted by molar-refractivity contribution is -0.127. The standard InChI is InChI=1S/C25H23ClN4O3S/c1-16-23(34-25(28-16)18-7-4-3-5-8-18)21-11-12-22(31)30(29-21)14-13-27-24(32)17(2)33-20-10-6-9-19(26)15-20/h3-12,15,17H,13-14H2,1-2H3,(H,27,32). The maximum Gasteiger partial charge on any atom is 0.266 e. The summed E-state index contributed by atoms with van der Waals surface area (Å²) in [5, 5.41) is 8.72. The van der Waals surface area contributed by atoms with Crippen molar-refractivity contribution in [3.63, 3.8) is 0 Å². The zero-order valence-electron chi connectivity index (χ0n) is 18.7. The SMILES string of the molecule is Cc1nc(-c2ccccc2)sc1-c1ccc(=O)n(CCNC(=O)C(C)Oc2cccc(Cl)c2)n1. The number of carbonyl (C=O) groups excluding carboxylic acids is 1. The Morgan fingerprint density at radius 3 is 2.71 bits per heavy atom. The number of nitrogens with one attached hydrogen (secondary N) is 1. The number of nitrogens with zero attached hydrogens (tertiary/aromatic N) is 3. The van der Waals surface area contributed by atoms with E-state index in [0.717, 1.165) is 21.1 Å². The van der Waals surface area contributed by atoms with Gasteiger partial charge in [0, 0.05) is 23.2 Å². The van der Waals surface area contributed by atoms with Crippen LogP contribution in [-0.2, 0) is 11.3 Å². The van der Waals surface area contributed by atoms with E-state index < -0.39 is 6.10 Å². The van der Waals surface area contributed by atoms with Crippen LogP contribution < -0.4 is 15.6 Å². The smallest absolute Gasteiger partial charge is 0.266 e. The molecule has 0 spiro atoms. The number of carbonyl (C=O) groups is 1. The van der Waals surface area contributed by atoms with E-state index in [2.05, 4.69) is 15.4 Å². The highest BCUT2D eigenvalue weighted by atomic mass is 35.5. The second-order valence-corrected chi connectivity index (χ2v) is 9.02. The second-order valence-electron chi connectivity index (χ2n) is 7.59. The molecule has 0 aliphatic carbocycles. The van der Waals surface area contributed by atoms with Gasteiger partial charge in [0.25, 0.3) is 11.5 Å². The van der Waals surface area contributed by atoms with Gasteiger partial charge < -0.3 is 10.1 Å². The highest BCUT2D eigenvalue weighted by Crippen LogP contribution is 2.33. The molecule has 0 saturated heterocycles. The average Bonchev–Trinajstić information content (AvgIpc) is 3.22. The van der Waals surface area contributed by atoms with Crippen LogP contribution in [0.1, 0.15) is 12.6 Å². The Morgan fingerprint density at radius 1 is 1.15 bits per heavy atom. The Labute approximate surface area is 206 Å². The van der Waals surface area contributed by atoms with Crippen LogP contribution in [-0.4, -0.2) is 33.3 Å². The van der Waals surface area contributed by atoms with Gasteiger partial charge in [-0.15, -0.1) is 11.3 Å². The molecule has 0 saturated carbocycles. The van der Waals surface area contributed by atoms with Gasteiger partial charge in [-0.3, -0.25) is 9.59 Å². The molecule has 34 heavy (non-hydrogen) atoms. The van der Waals surface area contributed by atoms with E-state index in [9.17, 15) is 9.59 Å². The molecule has 1 atom stereocenters. The summed E-state index contributed by atoms with van der Waals surface area (Å²) < 4.78 is 6.97. The van der Waals surface area contributed by atoms with Crippen LogP contribution in [0.5, 0.6) is 5.75 Å². The van der Waals surface area contributed by atoms with Crippen molar-refractivity contribution >= 4 is 28.8 Å². The third-order valence-corrected chi connectivity index (χ3v) is 6.48. The van der Waals surface area contributed by atoms with Gasteiger partial charge in [0.05, 0.1) is 17.1 Å². The highest BCUT2D eigenvalue weighted by Gasteiger charge is 2.16. The van der Waals surface area contributed by atoms with Gasteiger partial charge in [0.2, 0.25) is 0 Å². The van der Waals surface area contributed by atoms with Crippen LogP contribution in [0, 0.1) is 6.92 Å².